The molecule has 1 aromatic rings. The van der Waals surface area contributed by atoms with Gasteiger partial charge in [0.25, 0.3) is 0 Å². The average molecular weight is 387 g/mol. The summed E-state index contributed by atoms with van der Waals surface area (Å²) in [6.45, 7) is 2.15. The lowest BCUT2D eigenvalue weighted by atomic mass is 9.66. The largest absolute Gasteiger partial charge is 0.393 e. The minimum atomic E-state index is -0.237. The molecule has 0 saturated heterocycles. The first-order valence-corrected chi connectivity index (χ1v) is 12.0. The zero-order valence-corrected chi connectivity index (χ0v) is 17.9. The van der Waals surface area contributed by atoms with Gasteiger partial charge in [0.15, 0.2) is 0 Å². The molecule has 0 heterocycles. The van der Waals surface area contributed by atoms with E-state index < -0.39 is 0 Å². The highest BCUT2D eigenvalue weighted by Crippen LogP contribution is 2.44. The SMILES string of the molecule is CC(Cc1ccccc1)C(O)CCCCC(O)CC1CCC2CCCCC2C1. The van der Waals surface area contributed by atoms with Crippen LogP contribution in [0.25, 0.3) is 0 Å². The van der Waals surface area contributed by atoms with Gasteiger partial charge >= 0.3 is 0 Å². The molecular weight excluding hydrogens is 344 g/mol. The van der Waals surface area contributed by atoms with Crippen LogP contribution in [0.1, 0.15) is 89.5 Å². The highest BCUT2D eigenvalue weighted by Gasteiger charge is 2.32. The van der Waals surface area contributed by atoms with Crippen LogP contribution in [0, 0.1) is 23.7 Å². The number of hydrogen-bond acceptors (Lipinski definition) is 2. The fourth-order valence-electron chi connectivity index (χ4n) is 5.83. The third-order valence-corrected chi connectivity index (χ3v) is 7.60. The molecule has 0 amide bonds. The first-order chi connectivity index (χ1) is 13.6. The molecule has 2 saturated carbocycles. The summed E-state index contributed by atoms with van der Waals surface area (Å²) < 4.78 is 0. The monoisotopic (exact) mass is 386 g/mol. The molecule has 0 radical (unpaired) electrons. The first-order valence-electron chi connectivity index (χ1n) is 12.0. The summed E-state index contributed by atoms with van der Waals surface area (Å²) in [5, 5.41) is 21.0. The highest BCUT2D eigenvalue weighted by atomic mass is 16.3. The molecular formula is C26H42O2. The van der Waals surface area contributed by atoms with Crippen LogP contribution in [0.15, 0.2) is 30.3 Å². The smallest absolute Gasteiger partial charge is 0.0568 e. The molecule has 2 heteroatoms. The molecule has 2 fully saturated rings. The van der Waals surface area contributed by atoms with Crippen LogP contribution in [0.3, 0.4) is 0 Å². The lowest BCUT2D eigenvalue weighted by Gasteiger charge is -2.39. The van der Waals surface area contributed by atoms with E-state index in [1.165, 1.54) is 50.5 Å². The molecule has 2 aliphatic carbocycles. The number of aliphatic hydroxyl groups excluding tert-OH is 2. The fourth-order valence-corrected chi connectivity index (χ4v) is 5.83. The molecule has 0 aliphatic heterocycles. The molecule has 28 heavy (non-hydrogen) atoms. The van der Waals surface area contributed by atoms with Crippen molar-refractivity contribution in [1.82, 2.24) is 0 Å². The van der Waals surface area contributed by atoms with Gasteiger partial charge in [-0.1, -0.05) is 82.2 Å². The van der Waals surface area contributed by atoms with Crippen molar-refractivity contribution in [2.75, 3.05) is 0 Å². The molecule has 0 bridgehead atoms. The predicted octanol–water partition coefficient (Wildman–Crippen LogP) is 6.14. The second-order valence-electron chi connectivity index (χ2n) is 9.89. The standard InChI is InChI=1S/C26H42O2/c1-20(17-21-9-3-2-4-10-21)26(28)14-8-7-13-25(27)19-22-15-16-23-11-5-6-12-24(23)18-22/h2-4,9-10,20,22-28H,5-8,11-19H2,1H3. The predicted molar refractivity (Wildman–Crippen MR) is 117 cm³/mol. The Labute approximate surface area is 172 Å². The third kappa shape index (κ3) is 6.88. The normalized spacial score (nSPS) is 28.3. The van der Waals surface area contributed by atoms with Gasteiger partial charge in [-0.3, -0.25) is 0 Å². The Morgan fingerprint density at radius 2 is 1.61 bits per heavy atom. The van der Waals surface area contributed by atoms with E-state index in [9.17, 15) is 10.2 Å². The van der Waals surface area contributed by atoms with Crippen molar-refractivity contribution in [2.24, 2.45) is 23.7 Å². The molecule has 0 aromatic heterocycles. The number of unbranched alkanes of at least 4 members (excludes halogenated alkanes) is 1. The number of aliphatic hydroxyl groups is 2. The lowest BCUT2D eigenvalue weighted by Crippen LogP contribution is -2.29. The zero-order chi connectivity index (χ0) is 19.8. The maximum absolute atomic E-state index is 10.5. The van der Waals surface area contributed by atoms with Gasteiger partial charge in [-0.05, 0) is 67.8 Å². The van der Waals surface area contributed by atoms with E-state index in [-0.39, 0.29) is 18.1 Å². The molecule has 6 atom stereocenters. The summed E-state index contributed by atoms with van der Waals surface area (Å²) in [5.41, 5.74) is 1.30. The molecule has 1 aromatic carbocycles. The van der Waals surface area contributed by atoms with Gasteiger partial charge in [0, 0.05) is 0 Å². The Morgan fingerprint density at radius 1 is 0.893 bits per heavy atom. The number of benzene rings is 1. The minimum Gasteiger partial charge on any atom is -0.393 e. The van der Waals surface area contributed by atoms with Crippen LogP contribution in [-0.4, -0.2) is 22.4 Å². The van der Waals surface area contributed by atoms with Crippen molar-refractivity contribution in [3.63, 3.8) is 0 Å². The quantitative estimate of drug-likeness (QED) is 0.474. The van der Waals surface area contributed by atoms with Crippen LogP contribution in [0.2, 0.25) is 0 Å². The van der Waals surface area contributed by atoms with Crippen molar-refractivity contribution >= 4 is 0 Å². The van der Waals surface area contributed by atoms with Crippen molar-refractivity contribution in [3.8, 4) is 0 Å². The van der Waals surface area contributed by atoms with E-state index in [0.717, 1.165) is 56.3 Å². The van der Waals surface area contributed by atoms with Gasteiger partial charge in [-0.2, -0.15) is 0 Å². The third-order valence-electron chi connectivity index (χ3n) is 7.60. The summed E-state index contributed by atoms with van der Waals surface area (Å²) in [7, 11) is 0. The van der Waals surface area contributed by atoms with E-state index in [1.807, 2.05) is 6.07 Å². The van der Waals surface area contributed by atoms with Crippen LogP contribution < -0.4 is 0 Å². The summed E-state index contributed by atoms with van der Waals surface area (Å²) in [4.78, 5) is 0. The fraction of sp³-hybridized carbons (Fsp3) is 0.769. The van der Waals surface area contributed by atoms with Gasteiger partial charge in [-0.15, -0.1) is 0 Å². The van der Waals surface area contributed by atoms with Crippen molar-refractivity contribution in [1.29, 1.82) is 0 Å². The second-order valence-corrected chi connectivity index (χ2v) is 9.89. The maximum atomic E-state index is 10.5. The van der Waals surface area contributed by atoms with E-state index in [4.69, 9.17) is 0 Å². The molecule has 2 aliphatic rings. The molecule has 2 nitrogen and oxygen atoms in total. The van der Waals surface area contributed by atoms with Crippen molar-refractivity contribution in [2.45, 2.75) is 103 Å². The zero-order valence-electron chi connectivity index (χ0n) is 17.9. The summed E-state index contributed by atoms with van der Waals surface area (Å²) in [5.74, 6) is 3.01. The van der Waals surface area contributed by atoms with Crippen LogP contribution in [0.5, 0.6) is 0 Å². The highest BCUT2D eigenvalue weighted by molar-refractivity contribution is 5.15. The van der Waals surface area contributed by atoms with Crippen LogP contribution in [0.4, 0.5) is 0 Å². The Balaban J connectivity index is 1.27. The topological polar surface area (TPSA) is 40.5 Å². The Hall–Kier alpha value is -0.860. The molecule has 3 rings (SSSR count). The maximum Gasteiger partial charge on any atom is 0.0568 e. The van der Waals surface area contributed by atoms with Gasteiger partial charge in [0.05, 0.1) is 12.2 Å². The number of hydrogen-bond donors (Lipinski definition) is 2. The van der Waals surface area contributed by atoms with E-state index >= 15 is 0 Å². The molecule has 158 valence electrons. The van der Waals surface area contributed by atoms with Crippen LogP contribution in [-0.2, 0) is 6.42 Å². The Bertz CT molecular complexity index is 543. The molecule has 2 N–H and O–H groups in total. The Morgan fingerprint density at radius 3 is 2.39 bits per heavy atom. The average Bonchev–Trinajstić information content (AvgIpc) is 2.71. The molecule has 6 unspecified atom stereocenters. The van der Waals surface area contributed by atoms with E-state index in [1.54, 1.807) is 0 Å². The molecule has 0 spiro atoms. The number of rotatable bonds is 10. The second kappa shape index (κ2) is 11.4. The summed E-state index contributed by atoms with van der Waals surface area (Å²) >= 11 is 0. The first kappa shape index (κ1) is 21.8. The van der Waals surface area contributed by atoms with E-state index in [0.29, 0.717) is 0 Å². The van der Waals surface area contributed by atoms with Gasteiger partial charge in [-0.25, -0.2) is 0 Å². The van der Waals surface area contributed by atoms with Gasteiger partial charge in [0.2, 0.25) is 0 Å². The summed E-state index contributed by atoms with van der Waals surface area (Å²) in [6.07, 6.45) is 15.3. The van der Waals surface area contributed by atoms with Crippen molar-refractivity contribution < 1.29 is 10.2 Å². The van der Waals surface area contributed by atoms with Gasteiger partial charge < -0.3 is 10.2 Å². The van der Waals surface area contributed by atoms with Crippen molar-refractivity contribution in [3.05, 3.63) is 35.9 Å². The number of fused-ring (bicyclic) bond motifs is 1. The minimum absolute atomic E-state index is 0.135. The van der Waals surface area contributed by atoms with E-state index in [2.05, 4.69) is 31.2 Å². The lowest BCUT2D eigenvalue weighted by molar-refractivity contribution is 0.0742. The van der Waals surface area contributed by atoms with Crippen LogP contribution >= 0.6 is 0 Å². The van der Waals surface area contributed by atoms with Gasteiger partial charge in [0.1, 0.15) is 0 Å². The summed E-state index contributed by atoms with van der Waals surface area (Å²) in [6, 6.07) is 10.4. The Kier molecular flexibility index (Phi) is 8.86.